The average Bonchev–Trinajstić information content (AvgIpc) is 3.61. The number of carbonyl (C=O) groups is 1. The SMILES string of the molecule is Cc1noc(C)c1CSc1ccccc1C(=O)N1CCN(Cc2nc(-c3cccs3)no2)CC1. The molecule has 34 heavy (non-hydrogen) atoms. The van der Waals surface area contributed by atoms with Crippen molar-refractivity contribution in [2.45, 2.75) is 31.0 Å². The first-order chi connectivity index (χ1) is 16.6. The predicted molar refractivity (Wildman–Crippen MR) is 131 cm³/mol. The Morgan fingerprint density at radius 1 is 1.06 bits per heavy atom. The van der Waals surface area contributed by atoms with Gasteiger partial charge in [0, 0.05) is 42.4 Å². The Morgan fingerprint density at radius 2 is 1.88 bits per heavy atom. The van der Waals surface area contributed by atoms with Crippen molar-refractivity contribution >= 4 is 29.0 Å². The molecule has 4 aromatic rings. The number of hydrogen-bond acceptors (Lipinski definition) is 9. The molecule has 0 N–H and O–H groups in total. The number of carbonyl (C=O) groups excluding carboxylic acids is 1. The van der Waals surface area contributed by atoms with E-state index in [2.05, 4.69) is 20.2 Å². The Morgan fingerprint density at radius 3 is 2.62 bits per heavy atom. The van der Waals surface area contributed by atoms with Crippen LogP contribution in [-0.4, -0.2) is 57.2 Å². The Kier molecular flexibility index (Phi) is 6.80. The molecular weight excluding hydrogens is 470 g/mol. The number of amides is 1. The fraction of sp³-hybridized carbons (Fsp3) is 0.333. The van der Waals surface area contributed by atoms with E-state index in [0.717, 1.165) is 51.2 Å². The van der Waals surface area contributed by atoms with Crippen LogP contribution in [0.4, 0.5) is 0 Å². The van der Waals surface area contributed by atoms with Gasteiger partial charge in [0.25, 0.3) is 5.91 Å². The minimum absolute atomic E-state index is 0.0688. The molecule has 8 nitrogen and oxygen atoms in total. The van der Waals surface area contributed by atoms with Crippen LogP contribution in [0.2, 0.25) is 0 Å². The van der Waals surface area contributed by atoms with Crippen LogP contribution >= 0.6 is 23.1 Å². The minimum Gasteiger partial charge on any atom is -0.361 e. The summed E-state index contributed by atoms with van der Waals surface area (Å²) in [6.45, 7) is 7.29. The van der Waals surface area contributed by atoms with Gasteiger partial charge in [0.1, 0.15) is 5.76 Å². The maximum Gasteiger partial charge on any atom is 0.255 e. The number of nitrogens with zero attached hydrogens (tertiary/aromatic N) is 5. The lowest BCUT2D eigenvalue weighted by Gasteiger charge is -2.34. The predicted octanol–water partition coefficient (Wildman–Crippen LogP) is 4.65. The van der Waals surface area contributed by atoms with E-state index < -0.39 is 0 Å². The Bertz CT molecular complexity index is 1240. The molecule has 1 saturated heterocycles. The van der Waals surface area contributed by atoms with Crippen LogP contribution < -0.4 is 0 Å². The summed E-state index contributed by atoms with van der Waals surface area (Å²) in [5.41, 5.74) is 2.73. The first kappa shape index (κ1) is 22.8. The van der Waals surface area contributed by atoms with Crippen molar-refractivity contribution in [3.63, 3.8) is 0 Å². The molecule has 4 heterocycles. The van der Waals surface area contributed by atoms with Crippen molar-refractivity contribution in [3.8, 4) is 10.7 Å². The minimum atomic E-state index is 0.0688. The number of benzene rings is 1. The van der Waals surface area contributed by atoms with Crippen LogP contribution in [0.25, 0.3) is 10.7 Å². The number of aryl methyl sites for hydroxylation is 2. The van der Waals surface area contributed by atoms with E-state index in [1.807, 2.05) is 60.5 Å². The number of thiophene rings is 1. The zero-order valence-electron chi connectivity index (χ0n) is 19.1. The third kappa shape index (κ3) is 4.94. The highest BCUT2D eigenvalue weighted by molar-refractivity contribution is 7.98. The molecule has 1 aliphatic heterocycles. The van der Waals surface area contributed by atoms with Gasteiger partial charge in [-0.1, -0.05) is 28.5 Å². The lowest BCUT2D eigenvalue weighted by Crippen LogP contribution is -2.48. The molecule has 3 aromatic heterocycles. The van der Waals surface area contributed by atoms with Gasteiger partial charge < -0.3 is 13.9 Å². The van der Waals surface area contributed by atoms with Gasteiger partial charge in [-0.2, -0.15) is 4.98 Å². The van der Waals surface area contributed by atoms with Crippen LogP contribution in [0, 0.1) is 13.8 Å². The zero-order chi connectivity index (χ0) is 23.5. The molecule has 1 fully saturated rings. The summed E-state index contributed by atoms with van der Waals surface area (Å²) in [5, 5.41) is 10.1. The lowest BCUT2D eigenvalue weighted by atomic mass is 10.2. The molecule has 0 atom stereocenters. The highest BCUT2D eigenvalue weighted by Gasteiger charge is 2.25. The number of hydrogen-bond donors (Lipinski definition) is 0. The standard InChI is InChI=1S/C24H25N5O3S2/c1-16-19(17(2)31-26-16)15-34-20-7-4-3-6-18(20)24(30)29-11-9-28(10-12-29)14-22-25-23(27-32-22)21-8-5-13-33-21/h3-8,13H,9-12,14-15H2,1-2H3. The normalized spacial score (nSPS) is 14.6. The molecular formula is C24H25N5O3S2. The van der Waals surface area contributed by atoms with Crippen molar-refractivity contribution in [1.29, 1.82) is 0 Å². The summed E-state index contributed by atoms with van der Waals surface area (Å²) in [6.07, 6.45) is 0. The maximum absolute atomic E-state index is 13.3. The first-order valence-electron chi connectivity index (χ1n) is 11.1. The van der Waals surface area contributed by atoms with E-state index in [1.165, 1.54) is 0 Å². The van der Waals surface area contributed by atoms with Crippen LogP contribution in [0.1, 0.15) is 33.3 Å². The monoisotopic (exact) mass is 495 g/mol. The highest BCUT2D eigenvalue weighted by atomic mass is 32.2. The topological polar surface area (TPSA) is 88.5 Å². The van der Waals surface area contributed by atoms with Gasteiger partial charge in [0.05, 0.1) is 22.7 Å². The van der Waals surface area contributed by atoms with Crippen LogP contribution in [0.15, 0.2) is 55.7 Å². The second-order valence-corrected chi connectivity index (χ2v) is 10.1. The van der Waals surface area contributed by atoms with E-state index in [4.69, 9.17) is 9.05 Å². The van der Waals surface area contributed by atoms with Gasteiger partial charge in [-0.15, -0.1) is 23.1 Å². The van der Waals surface area contributed by atoms with Gasteiger partial charge >= 0.3 is 0 Å². The molecule has 0 spiro atoms. The van der Waals surface area contributed by atoms with E-state index in [-0.39, 0.29) is 5.91 Å². The summed E-state index contributed by atoms with van der Waals surface area (Å²) in [6, 6.07) is 11.8. The molecule has 0 radical (unpaired) electrons. The van der Waals surface area contributed by atoms with Crippen molar-refractivity contribution in [2.75, 3.05) is 26.2 Å². The molecule has 0 saturated carbocycles. The fourth-order valence-electron chi connectivity index (χ4n) is 3.92. The van der Waals surface area contributed by atoms with Crippen molar-refractivity contribution in [3.05, 3.63) is 70.3 Å². The summed E-state index contributed by atoms with van der Waals surface area (Å²) in [7, 11) is 0. The van der Waals surface area contributed by atoms with Crippen molar-refractivity contribution in [2.24, 2.45) is 0 Å². The highest BCUT2D eigenvalue weighted by Crippen LogP contribution is 2.30. The van der Waals surface area contributed by atoms with Crippen molar-refractivity contribution in [1.82, 2.24) is 25.1 Å². The smallest absolute Gasteiger partial charge is 0.255 e. The number of piperazine rings is 1. The second kappa shape index (κ2) is 10.1. The molecule has 176 valence electrons. The number of thioether (sulfide) groups is 1. The van der Waals surface area contributed by atoms with Gasteiger partial charge in [0.2, 0.25) is 11.7 Å². The van der Waals surface area contributed by atoms with Crippen LogP contribution in [-0.2, 0) is 12.3 Å². The summed E-state index contributed by atoms with van der Waals surface area (Å²) < 4.78 is 10.7. The van der Waals surface area contributed by atoms with Gasteiger partial charge in [-0.3, -0.25) is 9.69 Å². The molecule has 10 heteroatoms. The molecule has 0 unspecified atom stereocenters. The Hall–Kier alpha value is -2.95. The quantitative estimate of drug-likeness (QED) is 0.342. The molecule has 0 bridgehead atoms. The lowest BCUT2D eigenvalue weighted by molar-refractivity contribution is 0.0612. The molecule has 5 rings (SSSR count). The fourth-order valence-corrected chi connectivity index (χ4v) is 5.77. The third-order valence-electron chi connectivity index (χ3n) is 5.90. The van der Waals surface area contributed by atoms with Crippen LogP contribution in [0.3, 0.4) is 0 Å². The Labute approximate surface area is 205 Å². The third-order valence-corrected chi connectivity index (χ3v) is 7.86. The van der Waals surface area contributed by atoms with E-state index >= 15 is 0 Å². The average molecular weight is 496 g/mol. The van der Waals surface area contributed by atoms with Gasteiger partial charge in [-0.25, -0.2) is 0 Å². The largest absolute Gasteiger partial charge is 0.361 e. The first-order valence-corrected chi connectivity index (χ1v) is 13.0. The molecule has 1 aliphatic rings. The summed E-state index contributed by atoms with van der Waals surface area (Å²) in [4.78, 5) is 24.0. The number of aromatic nitrogens is 3. The van der Waals surface area contributed by atoms with E-state index in [1.54, 1.807) is 23.1 Å². The van der Waals surface area contributed by atoms with Gasteiger partial charge in [-0.05, 0) is 37.4 Å². The zero-order valence-corrected chi connectivity index (χ0v) is 20.7. The van der Waals surface area contributed by atoms with Crippen molar-refractivity contribution < 1.29 is 13.8 Å². The summed E-state index contributed by atoms with van der Waals surface area (Å²) in [5.74, 6) is 2.85. The molecule has 1 aromatic carbocycles. The molecule has 1 amide bonds. The maximum atomic E-state index is 13.3. The van der Waals surface area contributed by atoms with Crippen LogP contribution in [0.5, 0.6) is 0 Å². The second-order valence-electron chi connectivity index (χ2n) is 8.14. The van der Waals surface area contributed by atoms with Gasteiger partial charge in [0.15, 0.2) is 0 Å². The number of rotatable bonds is 7. The van der Waals surface area contributed by atoms with E-state index in [9.17, 15) is 4.79 Å². The van der Waals surface area contributed by atoms with E-state index in [0.29, 0.717) is 31.3 Å². The molecule has 0 aliphatic carbocycles. The summed E-state index contributed by atoms with van der Waals surface area (Å²) >= 11 is 3.23. The Balaban J connectivity index is 1.18.